The maximum atomic E-state index is 6.09. The molecule has 1 aromatic carbocycles. The summed E-state index contributed by atoms with van der Waals surface area (Å²) >= 11 is 6.09. The van der Waals surface area contributed by atoms with Gasteiger partial charge in [0.25, 0.3) is 0 Å². The van der Waals surface area contributed by atoms with Gasteiger partial charge in [-0.25, -0.2) is 4.98 Å². The molecule has 0 unspecified atom stereocenters. The first kappa shape index (κ1) is 11.9. The Bertz CT molecular complexity index is 535. The minimum absolute atomic E-state index is 0.394. The highest BCUT2D eigenvalue weighted by molar-refractivity contribution is 6.32. The first-order valence-electron chi connectivity index (χ1n) is 5.60. The maximum absolute atomic E-state index is 6.09. The normalized spacial score (nSPS) is 10.8. The molecular weight excluding hydrogens is 232 g/mol. The molecule has 2 N–H and O–H groups in total. The Morgan fingerprint density at radius 3 is 2.65 bits per heavy atom. The lowest BCUT2D eigenvalue weighted by molar-refractivity contribution is 0.870. The number of anilines is 1. The Balaban J connectivity index is 2.54. The SMILES string of the molecule is CC(C)c1cc(-c2cccnc2Cl)ccc1N. The topological polar surface area (TPSA) is 38.9 Å². The fourth-order valence-corrected chi connectivity index (χ4v) is 2.07. The van der Waals surface area contributed by atoms with E-state index in [1.165, 1.54) is 0 Å². The zero-order chi connectivity index (χ0) is 12.4. The van der Waals surface area contributed by atoms with Gasteiger partial charge in [0.05, 0.1) is 0 Å². The zero-order valence-corrected chi connectivity index (χ0v) is 10.7. The molecule has 0 aliphatic heterocycles. The van der Waals surface area contributed by atoms with Crippen LogP contribution in [0.5, 0.6) is 0 Å². The van der Waals surface area contributed by atoms with E-state index in [2.05, 4.69) is 24.9 Å². The van der Waals surface area contributed by atoms with E-state index in [1.807, 2.05) is 24.3 Å². The first-order valence-corrected chi connectivity index (χ1v) is 5.97. The molecule has 0 amide bonds. The number of halogens is 1. The summed E-state index contributed by atoms with van der Waals surface area (Å²) in [5, 5.41) is 0.520. The predicted molar refractivity (Wildman–Crippen MR) is 73.2 cm³/mol. The number of aromatic nitrogens is 1. The molecule has 0 aliphatic carbocycles. The van der Waals surface area contributed by atoms with Crippen molar-refractivity contribution in [1.29, 1.82) is 0 Å². The third-order valence-corrected chi connectivity index (χ3v) is 3.08. The van der Waals surface area contributed by atoms with Gasteiger partial charge in [0.1, 0.15) is 5.15 Å². The number of nitrogen functional groups attached to an aromatic ring is 1. The van der Waals surface area contributed by atoms with Crippen LogP contribution < -0.4 is 5.73 Å². The van der Waals surface area contributed by atoms with Gasteiger partial charge in [-0.3, -0.25) is 0 Å². The van der Waals surface area contributed by atoms with E-state index >= 15 is 0 Å². The lowest BCUT2D eigenvalue weighted by Gasteiger charge is -2.12. The molecule has 1 aromatic heterocycles. The van der Waals surface area contributed by atoms with Gasteiger partial charge in [-0.2, -0.15) is 0 Å². The molecule has 0 aliphatic rings. The van der Waals surface area contributed by atoms with Crippen LogP contribution in [0.4, 0.5) is 5.69 Å². The fourth-order valence-electron chi connectivity index (χ4n) is 1.84. The highest BCUT2D eigenvalue weighted by Gasteiger charge is 2.08. The van der Waals surface area contributed by atoms with Crippen LogP contribution in [0.3, 0.4) is 0 Å². The van der Waals surface area contributed by atoms with Gasteiger partial charge < -0.3 is 5.73 Å². The number of hydrogen-bond acceptors (Lipinski definition) is 2. The number of rotatable bonds is 2. The maximum Gasteiger partial charge on any atom is 0.136 e. The van der Waals surface area contributed by atoms with Crippen molar-refractivity contribution in [3.8, 4) is 11.1 Å². The Hall–Kier alpha value is -1.54. The molecule has 0 fully saturated rings. The van der Waals surface area contributed by atoms with Crippen LogP contribution in [0, 0.1) is 0 Å². The zero-order valence-electron chi connectivity index (χ0n) is 9.94. The van der Waals surface area contributed by atoms with Crippen molar-refractivity contribution in [2.45, 2.75) is 19.8 Å². The third kappa shape index (κ3) is 2.42. The number of hydrogen-bond donors (Lipinski definition) is 1. The quantitative estimate of drug-likeness (QED) is 0.640. The highest BCUT2D eigenvalue weighted by atomic mass is 35.5. The van der Waals surface area contributed by atoms with Crippen LogP contribution in [0.15, 0.2) is 36.5 Å². The van der Waals surface area contributed by atoms with Gasteiger partial charge in [-0.05, 0) is 41.3 Å². The summed E-state index contributed by atoms with van der Waals surface area (Å²) < 4.78 is 0. The summed E-state index contributed by atoms with van der Waals surface area (Å²) in [5.41, 5.74) is 9.92. The Morgan fingerprint density at radius 1 is 1.24 bits per heavy atom. The van der Waals surface area contributed by atoms with Crippen molar-refractivity contribution >= 4 is 17.3 Å². The molecule has 0 spiro atoms. The molecule has 17 heavy (non-hydrogen) atoms. The van der Waals surface area contributed by atoms with E-state index < -0.39 is 0 Å². The van der Waals surface area contributed by atoms with Gasteiger partial charge in [0, 0.05) is 17.4 Å². The van der Waals surface area contributed by atoms with Crippen molar-refractivity contribution in [3.63, 3.8) is 0 Å². The summed E-state index contributed by atoms with van der Waals surface area (Å²) in [6.07, 6.45) is 1.69. The molecule has 2 rings (SSSR count). The van der Waals surface area contributed by atoms with Crippen molar-refractivity contribution in [1.82, 2.24) is 4.98 Å². The molecule has 0 radical (unpaired) electrons. The number of pyridine rings is 1. The van der Waals surface area contributed by atoms with Crippen molar-refractivity contribution in [2.75, 3.05) is 5.73 Å². The minimum Gasteiger partial charge on any atom is -0.398 e. The average molecular weight is 247 g/mol. The lowest BCUT2D eigenvalue weighted by atomic mass is 9.96. The van der Waals surface area contributed by atoms with E-state index in [1.54, 1.807) is 6.20 Å². The molecule has 0 bridgehead atoms. The van der Waals surface area contributed by atoms with E-state index in [9.17, 15) is 0 Å². The summed E-state index contributed by atoms with van der Waals surface area (Å²) in [7, 11) is 0. The second-order valence-corrected chi connectivity index (χ2v) is 4.70. The van der Waals surface area contributed by atoms with Crippen LogP contribution in [0.1, 0.15) is 25.3 Å². The van der Waals surface area contributed by atoms with Crippen LogP contribution >= 0.6 is 11.6 Å². The van der Waals surface area contributed by atoms with Gasteiger partial charge in [0.15, 0.2) is 0 Å². The number of nitrogens with zero attached hydrogens (tertiary/aromatic N) is 1. The van der Waals surface area contributed by atoms with Crippen molar-refractivity contribution in [3.05, 3.63) is 47.2 Å². The minimum atomic E-state index is 0.394. The predicted octanol–water partition coefficient (Wildman–Crippen LogP) is 4.11. The van der Waals surface area contributed by atoms with E-state index in [0.717, 1.165) is 22.4 Å². The Labute approximate surface area is 106 Å². The first-order chi connectivity index (χ1) is 8.09. The molecule has 3 heteroatoms. The standard InChI is InChI=1S/C14H15ClN2/c1-9(2)12-8-10(5-6-13(12)16)11-4-3-7-17-14(11)15/h3-9H,16H2,1-2H3. The van der Waals surface area contributed by atoms with E-state index in [4.69, 9.17) is 17.3 Å². The third-order valence-electron chi connectivity index (χ3n) is 2.78. The van der Waals surface area contributed by atoms with Gasteiger partial charge in [-0.1, -0.05) is 31.5 Å². The Morgan fingerprint density at radius 2 is 2.00 bits per heavy atom. The lowest BCUT2D eigenvalue weighted by Crippen LogP contribution is -1.97. The number of nitrogens with two attached hydrogens (primary N) is 1. The van der Waals surface area contributed by atoms with Crippen LogP contribution in [0.2, 0.25) is 5.15 Å². The smallest absolute Gasteiger partial charge is 0.136 e. The van der Waals surface area contributed by atoms with Crippen LogP contribution in [0.25, 0.3) is 11.1 Å². The molecule has 0 saturated heterocycles. The molecule has 88 valence electrons. The molecule has 2 aromatic rings. The molecule has 0 saturated carbocycles. The molecular formula is C14H15ClN2. The van der Waals surface area contributed by atoms with E-state index in [-0.39, 0.29) is 0 Å². The molecule has 1 heterocycles. The second-order valence-electron chi connectivity index (χ2n) is 4.34. The van der Waals surface area contributed by atoms with Crippen LogP contribution in [-0.4, -0.2) is 4.98 Å². The van der Waals surface area contributed by atoms with Gasteiger partial charge in [0.2, 0.25) is 0 Å². The summed E-state index contributed by atoms with van der Waals surface area (Å²) in [4.78, 5) is 4.09. The Kier molecular flexibility index (Phi) is 3.34. The van der Waals surface area contributed by atoms with Gasteiger partial charge >= 0.3 is 0 Å². The monoisotopic (exact) mass is 246 g/mol. The van der Waals surface area contributed by atoms with Crippen molar-refractivity contribution in [2.24, 2.45) is 0 Å². The number of benzene rings is 1. The summed E-state index contributed by atoms with van der Waals surface area (Å²) in [6, 6.07) is 9.83. The molecule has 2 nitrogen and oxygen atoms in total. The highest BCUT2D eigenvalue weighted by Crippen LogP contribution is 2.31. The largest absolute Gasteiger partial charge is 0.398 e. The van der Waals surface area contributed by atoms with E-state index in [0.29, 0.717) is 11.1 Å². The fraction of sp³-hybridized carbons (Fsp3) is 0.214. The molecule has 0 atom stereocenters. The summed E-state index contributed by atoms with van der Waals surface area (Å²) in [6.45, 7) is 4.25. The van der Waals surface area contributed by atoms with Gasteiger partial charge in [-0.15, -0.1) is 0 Å². The van der Waals surface area contributed by atoms with Crippen LogP contribution in [-0.2, 0) is 0 Å². The second kappa shape index (κ2) is 4.76. The average Bonchev–Trinajstić information content (AvgIpc) is 2.30. The summed E-state index contributed by atoms with van der Waals surface area (Å²) in [5.74, 6) is 0.394. The van der Waals surface area contributed by atoms with Crippen molar-refractivity contribution < 1.29 is 0 Å².